The van der Waals surface area contributed by atoms with Gasteiger partial charge in [0.25, 0.3) is 0 Å². The van der Waals surface area contributed by atoms with E-state index in [0.29, 0.717) is 13.1 Å². The van der Waals surface area contributed by atoms with Gasteiger partial charge in [-0.05, 0) is 18.8 Å². The lowest BCUT2D eigenvalue weighted by Gasteiger charge is -2.27. The number of rotatable bonds is 7. The second kappa shape index (κ2) is 7.10. The maximum atomic E-state index is 12.2. The summed E-state index contributed by atoms with van der Waals surface area (Å²) in [5.74, 6) is 0.301. The fraction of sp³-hybridized carbons (Fsp3) is 0.929. The molecule has 1 atom stereocenters. The lowest BCUT2D eigenvalue weighted by molar-refractivity contribution is -0.131. The Labute approximate surface area is 110 Å². The van der Waals surface area contributed by atoms with Crippen molar-refractivity contribution in [3.8, 4) is 0 Å². The van der Waals surface area contributed by atoms with Crippen molar-refractivity contribution in [3.63, 3.8) is 0 Å². The number of aliphatic hydroxyl groups excluding tert-OH is 1. The summed E-state index contributed by atoms with van der Waals surface area (Å²) in [6.45, 7) is 4.90. The monoisotopic (exact) mass is 256 g/mol. The van der Waals surface area contributed by atoms with Gasteiger partial charge in [0.05, 0.1) is 11.5 Å². The third kappa shape index (κ3) is 3.45. The highest BCUT2D eigenvalue weighted by Gasteiger charge is 2.39. The van der Waals surface area contributed by atoms with Crippen LogP contribution in [0.4, 0.5) is 0 Å². The van der Waals surface area contributed by atoms with Crippen LogP contribution < -0.4 is 11.1 Å². The first-order chi connectivity index (χ1) is 8.59. The molecule has 1 aliphatic rings. The number of amides is 1. The molecule has 0 heterocycles. The highest BCUT2D eigenvalue weighted by atomic mass is 16.3. The number of carbonyl (C=O) groups is 1. The smallest absolute Gasteiger partial charge is 0.227 e. The topological polar surface area (TPSA) is 75.3 Å². The molecule has 0 spiro atoms. The van der Waals surface area contributed by atoms with Gasteiger partial charge in [-0.25, -0.2) is 0 Å². The second-order valence-corrected chi connectivity index (χ2v) is 5.55. The molecule has 4 nitrogen and oxygen atoms in total. The molecule has 1 unspecified atom stereocenters. The maximum absolute atomic E-state index is 12.2. The molecule has 1 saturated carbocycles. The third-order valence-corrected chi connectivity index (χ3v) is 4.50. The Morgan fingerprint density at radius 2 is 1.89 bits per heavy atom. The van der Waals surface area contributed by atoms with Crippen LogP contribution in [0.5, 0.6) is 0 Å². The average Bonchev–Trinajstić information content (AvgIpc) is 2.87. The molecule has 1 amide bonds. The molecule has 0 radical (unpaired) electrons. The number of hydrogen-bond donors (Lipinski definition) is 3. The summed E-state index contributed by atoms with van der Waals surface area (Å²) in [5.41, 5.74) is 5.40. The third-order valence-electron chi connectivity index (χ3n) is 4.50. The minimum Gasteiger partial charge on any atom is -0.391 e. The summed E-state index contributed by atoms with van der Waals surface area (Å²) in [5, 5.41) is 12.9. The molecule has 0 saturated heterocycles. The van der Waals surface area contributed by atoms with Gasteiger partial charge in [-0.2, -0.15) is 0 Å². The fourth-order valence-corrected chi connectivity index (χ4v) is 2.96. The standard InChI is InChI=1S/C14H28N2O2/c1-3-11(4-2)12(17)9-16-13(18)14(10-15)7-5-6-8-14/h11-12,17H,3-10,15H2,1-2H3,(H,16,18). The van der Waals surface area contributed by atoms with E-state index in [-0.39, 0.29) is 17.2 Å². The van der Waals surface area contributed by atoms with Gasteiger partial charge in [-0.15, -0.1) is 0 Å². The molecule has 1 rings (SSSR count). The van der Waals surface area contributed by atoms with Crippen molar-refractivity contribution in [3.05, 3.63) is 0 Å². The van der Waals surface area contributed by atoms with Crippen LogP contribution in [-0.2, 0) is 4.79 Å². The van der Waals surface area contributed by atoms with Crippen LogP contribution >= 0.6 is 0 Å². The number of carbonyl (C=O) groups excluding carboxylic acids is 1. The van der Waals surface area contributed by atoms with Crippen molar-refractivity contribution in [2.75, 3.05) is 13.1 Å². The summed E-state index contributed by atoms with van der Waals surface area (Å²) in [6, 6.07) is 0. The van der Waals surface area contributed by atoms with E-state index in [1.165, 1.54) is 0 Å². The van der Waals surface area contributed by atoms with Crippen molar-refractivity contribution >= 4 is 5.91 Å². The van der Waals surface area contributed by atoms with Gasteiger partial charge in [0.1, 0.15) is 0 Å². The molecule has 0 aromatic heterocycles. The molecule has 1 fully saturated rings. The second-order valence-electron chi connectivity index (χ2n) is 5.55. The Kier molecular flexibility index (Phi) is 6.09. The van der Waals surface area contributed by atoms with Crippen molar-refractivity contribution < 1.29 is 9.90 Å². The van der Waals surface area contributed by atoms with Crippen molar-refractivity contribution in [1.29, 1.82) is 0 Å². The van der Waals surface area contributed by atoms with E-state index in [1.54, 1.807) is 0 Å². The van der Waals surface area contributed by atoms with E-state index in [0.717, 1.165) is 38.5 Å². The van der Waals surface area contributed by atoms with E-state index >= 15 is 0 Å². The van der Waals surface area contributed by atoms with Crippen LogP contribution in [0.15, 0.2) is 0 Å². The van der Waals surface area contributed by atoms with Gasteiger partial charge in [0.15, 0.2) is 0 Å². The summed E-state index contributed by atoms with van der Waals surface area (Å²) >= 11 is 0. The zero-order valence-corrected chi connectivity index (χ0v) is 11.7. The molecule has 0 aliphatic heterocycles. The van der Waals surface area contributed by atoms with Gasteiger partial charge in [-0.3, -0.25) is 4.79 Å². The normalized spacial score (nSPS) is 20.1. The van der Waals surface area contributed by atoms with Gasteiger partial charge < -0.3 is 16.2 Å². The van der Waals surface area contributed by atoms with Gasteiger partial charge >= 0.3 is 0 Å². The number of nitrogens with one attached hydrogen (secondary N) is 1. The summed E-state index contributed by atoms with van der Waals surface area (Å²) in [7, 11) is 0. The molecule has 0 bridgehead atoms. The Hall–Kier alpha value is -0.610. The minimum atomic E-state index is -0.444. The Morgan fingerprint density at radius 3 is 2.33 bits per heavy atom. The highest BCUT2D eigenvalue weighted by molar-refractivity contribution is 5.83. The molecular formula is C14H28N2O2. The lowest BCUT2D eigenvalue weighted by Crippen LogP contribution is -2.47. The minimum absolute atomic E-state index is 0.0347. The lowest BCUT2D eigenvalue weighted by atomic mass is 9.85. The van der Waals surface area contributed by atoms with Crippen LogP contribution in [0.3, 0.4) is 0 Å². The van der Waals surface area contributed by atoms with Crippen LogP contribution in [-0.4, -0.2) is 30.2 Å². The SMILES string of the molecule is CCC(CC)C(O)CNC(=O)C1(CN)CCCC1. The highest BCUT2D eigenvalue weighted by Crippen LogP contribution is 2.37. The fourth-order valence-electron chi connectivity index (χ4n) is 2.96. The van der Waals surface area contributed by atoms with Crippen LogP contribution in [0.1, 0.15) is 52.4 Å². The van der Waals surface area contributed by atoms with Crippen molar-refractivity contribution in [2.45, 2.75) is 58.5 Å². The molecule has 0 aromatic carbocycles. The van der Waals surface area contributed by atoms with Gasteiger partial charge in [0, 0.05) is 13.1 Å². The van der Waals surface area contributed by atoms with E-state index in [9.17, 15) is 9.90 Å². The first-order valence-corrected chi connectivity index (χ1v) is 7.26. The van der Waals surface area contributed by atoms with E-state index in [1.807, 2.05) is 0 Å². The summed E-state index contributed by atoms with van der Waals surface area (Å²) in [6.07, 6.45) is 5.37. The summed E-state index contributed by atoms with van der Waals surface area (Å²) in [4.78, 5) is 12.2. The first-order valence-electron chi connectivity index (χ1n) is 7.26. The predicted octanol–water partition coefficient (Wildman–Crippen LogP) is 1.42. The van der Waals surface area contributed by atoms with Crippen LogP contribution in [0.2, 0.25) is 0 Å². The van der Waals surface area contributed by atoms with Crippen molar-refractivity contribution in [1.82, 2.24) is 5.32 Å². The molecule has 18 heavy (non-hydrogen) atoms. The zero-order valence-electron chi connectivity index (χ0n) is 11.7. The Balaban J connectivity index is 2.45. The van der Waals surface area contributed by atoms with Gasteiger partial charge in [-0.1, -0.05) is 39.5 Å². The van der Waals surface area contributed by atoms with E-state index in [2.05, 4.69) is 19.2 Å². The number of nitrogens with two attached hydrogens (primary N) is 1. The molecule has 4 N–H and O–H groups in total. The van der Waals surface area contributed by atoms with Crippen LogP contribution in [0.25, 0.3) is 0 Å². The van der Waals surface area contributed by atoms with Crippen molar-refractivity contribution in [2.24, 2.45) is 17.1 Å². The molecule has 106 valence electrons. The average molecular weight is 256 g/mol. The maximum Gasteiger partial charge on any atom is 0.227 e. The molecule has 1 aliphatic carbocycles. The Morgan fingerprint density at radius 1 is 1.33 bits per heavy atom. The largest absolute Gasteiger partial charge is 0.391 e. The zero-order chi connectivity index (χ0) is 13.6. The first kappa shape index (κ1) is 15.4. The molecule has 0 aromatic rings. The van der Waals surface area contributed by atoms with E-state index < -0.39 is 6.10 Å². The molecule has 4 heteroatoms. The summed E-state index contributed by atoms with van der Waals surface area (Å²) < 4.78 is 0. The van der Waals surface area contributed by atoms with E-state index in [4.69, 9.17) is 5.73 Å². The Bertz CT molecular complexity index is 259. The number of aliphatic hydroxyl groups is 1. The molecular weight excluding hydrogens is 228 g/mol. The predicted molar refractivity (Wildman–Crippen MR) is 73.0 cm³/mol. The number of hydrogen-bond acceptors (Lipinski definition) is 3. The quantitative estimate of drug-likeness (QED) is 0.645. The van der Waals surface area contributed by atoms with Gasteiger partial charge in [0.2, 0.25) is 5.91 Å². The van der Waals surface area contributed by atoms with Crippen LogP contribution in [0, 0.1) is 11.3 Å².